The first-order chi connectivity index (χ1) is 10.00. The molecule has 1 atom stereocenters. The maximum absolute atomic E-state index is 12.0. The molecule has 1 N–H and O–H groups in total. The molecule has 0 bridgehead atoms. The number of sulfonamides is 1. The van der Waals surface area contributed by atoms with Gasteiger partial charge in [0.1, 0.15) is 5.82 Å². The first kappa shape index (κ1) is 16.5. The summed E-state index contributed by atoms with van der Waals surface area (Å²) >= 11 is 0. The van der Waals surface area contributed by atoms with Crippen molar-refractivity contribution in [2.45, 2.75) is 58.9 Å². The topological polar surface area (TPSA) is 64.0 Å². The minimum atomic E-state index is -3.16. The number of fused-ring (bicyclic) bond motifs is 1. The second-order valence-electron chi connectivity index (χ2n) is 6.12. The molecule has 1 aliphatic heterocycles. The third-order valence-corrected chi connectivity index (χ3v) is 5.60. The molecule has 0 fully saturated rings. The highest BCUT2D eigenvalue weighted by Gasteiger charge is 2.16. The van der Waals surface area contributed by atoms with Crippen LogP contribution in [0, 0.1) is 5.92 Å². The highest BCUT2D eigenvalue weighted by atomic mass is 32.2. The number of hydrogen-bond acceptors (Lipinski definition) is 3. The van der Waals surface area contributed by atoms with Crippen LogP contribution in [0.25, 0.3) is 0 Å². The lowest BCUT2D eigenvalue weighted by molar-refractivity contribution is 0.522. The molecule has 1 aliphatic rings. The average molecular weight is 313 g/mol. The van der Waals surface area contributed by atoms with Gasteiger partial charge in [0.25, 0.3) is 0 Å². The summed E-state index contributed by atoms with van der Waals surface area (Å²) < 4.78 is 28.8. The molecular weight excluding hydrogens is 286 g/mol. The van der Waals surface area contributed by atoms with Gasteiger partial charge in [-0.1, -0.05) is 20.3 Å². The van der Waals surface area contributed by atoms with Crippen LogP contribution >= 0.6 is 0 Å². The van der Waals surface area contributed by atoms with E-state index in [9.17, 15) is 8.42 Å². The predicted octanol–water partition coefficient (Wildman–Crippen LogP) is 2.12. The van der Waals surface area contributed by atoms with Gasteiger partial charge in [-0.3, -0.25) is 0 Å². The number of aromatic nitrogens is 2. The van der Waals surface area contributed by atoms with E-state index in [1.165, 1.54) is 12.8 Å². The Morgan fingerprint density at radius 1 is 1.43 bits per heavy atom. The van der Waals surface area contributed by atoms with E-state index < -0.39 is 10.0 Å². The first-order valence-corrected chi connectivity index (χ1v) is 9.67. The van der Waals surface area contributed by atoms with Gasteiger partial charge < -0.3 is 4.57 Å². The van der Waals surface area contributed by atoms with Gasteiger partial charge in [-0.05, 0) is 25.2 Å². The van der Waals surface area contributed by atoms with Crippen molar-refractivity contribution < 1.29 is 8.42 Å². The Labute approximate surface area is 128 Å². The molecule has 0 amide bonds. The highest BCUT2D eigenvalue weighted by Crippen LogP contribution is 2.14. The summed E-state index contributed by atoms with van der Waals surface area (Å²) in [4.78, 5) is 4.59. The summed E-state index contributed by atoms with van der Waals surface area (Å²) in [7, 11) is -3.16. The van der Waals surface area contributed by atoms with Crippen LogP contribution in [0.5, 0.6) is 0 Å². The number of imidazole rings is 1. The lowest BCUT2D eigenvalue weighted by atomic mass is 10.1. The van der Waals surface area contributed by atoms with Crippen molar-refractivity contribution in [1.29, 1.82) is 0 Å². The molecule has 0 unspecified atom stereocenters. The summed E-state index contributed by atoms with van der Waals surface area (Å²) in [5.74, 6) is 1.59. The molecule has 1 aromatic rings. The molecule has 6 heteroatoms. The lowest BCUT2D eigenvalue weighted by Gasteiger charge is -2.11. The largest absolute Gasteiger partial charge is 0.335 e. The summed E-state index contributed by atoms with van der Waals surface area (Å²) in [5, 5.41) is 0. The number of hydrogen-bond donors (Lipinski definition) is 1. The summed E-state index contributed by atoms with van der Waals surface area (Å²) in [5.41, 5.74) is 0.996. The van der Waals surface area contributed by atoms with Crippen LogP contribution in [0.15, 0.2) is 6.20 Å². The van der Waals surface area contributed by atoms with Gasteiger partial charge in [0, 0.05) is 32.1 Å². The van der Waals surface area contributed by atoms with E-state index in [1.54, 1.807) is 0 Å². The molecule has 0 spiro atoms. The van der Waals surface area contributed by atoms with Gasteiger partial charge in [-0.15, -0.1) is 0 Å². The number of aryl methyl sites for hydroxylation is 2. The SMILES string of the molecule is CCC[C@@H](C)CS(=O)(=O)NCCc1cn2c(n1)CCCC2. The Morgan fingerprint density at radius 2 is 2.24 bits per heavy atom. The molecule has 0 saturated heterocycles. The van der Waals surface area contributed by atoms with Crippen molar-refractivity contribution in [1.82, 2.24) is 14.3 Å². The molecular formula is C15H27N3O2S. The molecule has 5 nitrogen and oxygen atoms in total. The van der Waals surface area contributed by atoms with Crippen LogP contribution in [0.2, 0.25) is 0 Å². The van der Waals surface area contributed by atoms with Crippen molar-refractivity contribution in [3.63, 3.8) is 0 Å². The molecule has 1 aromatic heterocycles. The van der Waals surface area contributed by atoms with Gasteiger partial charge in [0.15, 0.2) is 0 Å². The Balaban J connectivity index is 1.79. The van der Waals surface area contributed by atoms with E-state index in [-0.39, 0.29) is 11.7 Å². The summed E-state index contributed by atoms with van der Waals surface area (Å²) in [6, 6.07) is 0. The second kappa shape index (κ2) is 7.40. The van der Waals surface area contributed by atoms with E-state index in [0.29, 0.717) is 13.0 Å². The van der Waals surface area contributed by atoms with Crippen LogP contribution in [0.4, 0.5) is 0 Å². The Kier molecular flexibility index (Phi) is 5.81. The smallest absolute Gasteiger partial charge is 0.211 e. The maximum Gasteiger partial charge on any atom is 0.211 e. The molecule has 120 valence electrons. The molecule has 0 aromatic carbocycles. The monoisotopic (exact) mass is 313 g/mol. The van der Waals surface area contributed by atoms with Gasteiger partial charge in [-0.2, -0.15) is 0 Å². The predicted molar refractivity (Wildman–Crippen MR) is 84.7 cm³/mol. The van der Waals surface area contributed by atoms with Crippen molar-refractivity contribution in [3.05, 3.63) is 17.7 Å². The minimum absolute atomic E-state index is 0.215. The van der Waals surface area contributed by atoms with Crippen LogP contribution in [0.3, 0.4) is 0 Å². The maximum atomic E-state index is 12.0. The van der Waals surface area contributed by atoms with Crippen molar-refractivity contribution in [3.8, 4) is 0 Å². The zero-order chi connectivity index (χ0) is 15.3. The van der Waals surface area contributed by atoms with E-state index in [2.05, 4.69) is 27.4 Å². The Bertz CT molecular complexity index is 528. The third-order valence-electron chi connectivity index (χ3n) is 3.95. The molecule has 0 aliphatic carbocycles. The molecule has 2 rings (SSSR count). The highest BCUT2D eigenvalue weighted by molar-refractivity contribution is 7.89. The molecule has 0 saturated carbocycles. The number of nitrogens with one attached hydrogen (secondary N) is 1. The fourth-order valence-corrected chi connectivity index (χ4v) is 4.38. The zero-order valence-corrected chi connectivity index (χ0v) is 14.0. The van der Waals surface area contributed by atoms with Crippen LogP contribution < -0.4 is 4.72 Å². The standard InChI is InChI=1S/C15H27N3O2S/c1-3-6-13(2)12-21(19,20)16-9-8-14-11-18-10-5-4-7-15(18)17-14/h11,13,16H,3-10,12H2,1-2H3/t13-/m1/s1. The second-order valence-corrected chi connectivity index (χ2v) is 7.97. The number of nitrogens with zero attached hydrogens (tertiary/aromatic N) is 2. The molecule has 2 heterocycles. The Hall–Kier alpha value is -0.880. The van der Waals surface area contributed by atoms with E-state index in [4.69, 9.17) is 0 Å². The van der Waals surface area contributed by atoms with Gasteiger partial charge in [-0.25, -0.2) is 18.1 Å². The molecule has 0 radical (unpaired) electrons. The van der Waals surface area contributed by atoms with Crippen molar-refractivity contribution >= 4 is 10.0 Å². The Morgan fingerprint density at radius 3 is 2.95 bits per heavy atom. The van der Waals surface area contributed by atoms with Gasteiger partial charge in [0.2, 0.25) is 10.0 Å². The first-order valence-electron chi connectivity index (χ1n) is 8.02. The quantitative estimate of drug-likeness (QED) is 0.799. The minimum Gasteiger partial charge on any atom is -0.335 e. The van der Waals surface area contributed by atoms with Gasteiger partial charge in [0.05, 0.1) is 11.4 Å². The van der Waals surface area contributed by atoms with Crippen LogP contribution in [0.1, 0.15) is 51.0 Å². The van der Waals surface area contributed by atoms with E-state index in [1.807, 2.05) is 6.92 Å². The summed E-state index contributed by atoms with van der Waals surface area (Å²) in [6.07, 6.45) is 8.18. The summed E-state index contributed by atoms with van der Waals surface area (Å²) in [6.45, 7) is 5.56. The zero-order valence-electron chi connectivity index (χ0n) is 13.1. The fraction of sp³-hybridized carbons (Fsp3) is 0.800. The van der Waals surface area contributed by atoms with Crippen molar-refractivity contribution in [2.24, 2.45) is 5.92 Å². The van der Waals surface area contributed by atoms with E-state index in [0.717, 1.165) is 37.3 Å². The van der Waals surface area contributed by atoms with E-state index >= 15 is 0 Å². The lowest BCUT2D eigenvalue weighted by Crippen LogP contribution is -2.30. The fourth-order valence-electron chi connectivity index (χ4n) is 2.94. The van der Waals surface area contributed by atoms with Gasteiger partial charge >= 0.3 is 0 Å². The van der Waals surface area contributed by atoms with Crippen LogP contribution in [-0.2, 0) is 29.4 Å². The number of rotatable bonds is 8. The normalized spacial score (nSPS) is 16.7. The third kappa shape index (κ3) is 5.11. The molecule has 21 heavy (non-hydrogen) atoms. The average Bonchev–Trinajstić information content (AvgIpc) is 2.80. The van der Waals surface area contributed by atoms with Crippen molar-refractivity contribution in [2.75, 3.05) is 12.3 Å². The van der Waals surface area contributed by atoms with Crippen LogP contribution in [-0.4, -0.2) is 30.3 Å².